The molecule has 2 N–H and O–H groups in total. The lowest BCUT2D eigenvalue weighted by atomic mass is 10.3. The molecule has 0 saturated heterocycles. The molecule has 2 heterocycles. The van der Waals surface area contributed by atoms with Crippen molar-refractivity contribution in [1.29, 1.82) is 0 Å². The Balaban J connectivity index is 1.75. The summed E-state index contributed by atoms with van der Waals surface area (Å²) in [7, 11) is 1.96. The SMILES string of the molecule is Cc1ncc(N([O-])O)n1CCN(C)CCCCn1cc[nH]c1=[N+]([O-])[O-]. The van der Waals surface area contributed by atoms with Gasteiger partial charge in [-0.25, -0.2) is 14.5 Å². The molecule has 11 nitrogen and oxygen atoms in total. The number of H-pyrrole nitrogens is 1. The quantitative estimate of drug-likeness (QED) is 0.485. The normalized spacial score (nSPS) is 11.2. The van der Waals surface area contributed by atoms with Crippen molar-refractivity contribution in [1.82, 2.24) is 28.9 Å². The zero-order valence-electron chi connectivity index (χ0n) is 14.3. The summed E-state index contributed by atoms with van der Waals surface area (Å²) in [6.45, 7) is 4.40. The molecule has 0 bridgehead atoms. The van der Waals surface area contributed by atoms with Gasteiger partial charge >= 0.3 is 5.62 Å². The molecule has 2 aromatic rings. The van der Waals surface area contributed by atoms with E-state index in [1.165, 1.54) is 6.20 Å². The van der Waals surface area contributed by atoms with Crippen LogP contribution in [-0.2, 0) is 13.1 Å². The van der Waals surface area contributed by atoms with Gasteiger partial charge in [-0.15, -0.1) is 0 Å². The highest BCUT2D eigenvalue weighted by molar-refractivity contribution is 5.36. The Bertz CT molecular complexity index is 730. The van der Waals surface area contributed by atoms with Crippen LogP contribution >= 0.6 is 0 Å². The third-order valence-corrected chi connectivity index (χ3v) is 4.04. The van der Waals surface area contributed by atoms with Crippen LogP contribution in [0.3, 0.4) is 0 Å². The highest BCUT2D eigenvalue weighted by Crippen LogP contribution is 2.14. The van der Waals surface area contributed by atoms with Gasteiger partial charge in [0.25, 0.3) is 0 Å². The number of aromatic nitrogens is 4. The van der Waals surface area contributed by atoms with Crippen LogP contribution in [0.1, 0.15) is 18.7 Å². The minimum Gasteiger partial charge on any atom is -0.744 e. The van der Waals surface area contributed by atoms with Gasteiger partial charge in [-0.1, -0.05) is 0 Å². The van der Waals surface area contributed by atoms with Crippen molar-refractivity contribution in [2.24, 2.45) is 0 Å². The molecule has 0 spiro atoms. The van der Waals surface area contributed by atoms with Gasteiger partial charge in [-0.2, -0.15) is 0 Å². The molecule has 0 amide bonds. The fraction of sp³-hybridized carbons (Fsp3) is 0.571. The van der Waals surface area contributed by atoms with E-state index in [9.17, 15) is 15.6 Å². The Labute approximate surface area is 144 Å². The molecule has 0 aromatic carbocycles. The second-order valence-electron chi connectivity index (χ2n) is 5.83. The molecule has 0 saturated carbocycles. The van der Waals surface area contributed by atoms with Gasteiger partial charge in [0.05, 0.1) is 25.1 Å². The van der Waals surface area contributed by atoms with E-state index < -0.39 is 4.90 Å². The summed E-state index contributed by atoms with van der Waals surface area (Å²) in [5.74, 6) is 0.775. The largest absolute Gasteiger partial charge is 0.744 e. The lowest BCUT2D eigenvalue weighted by molar-refractivity contribution is 0.279. The zero-order valence-corrected chi connectivity index (χ0v) is 14.3. The van der Waals surface area contributed by atoms with Crippen molar-refractivity contribution >= 4 is 5.82 Å². The maximum Gasteiger partial charge on any atom is 0.358 e. The Morgan fingerprint density at radius 1 is 1.28 bits per heavy atom. The third kappa shape index (κ3) is 4.98. The third-order valence-electron chi connectivity index (χ3n) is 4.04. The molecule has 0 unspecified atom stereocenters. The summed E-state index contributed by atoms with van der Waals surface area (Å²) in [6.07, 6.45) is 6.25. The van der Waals surface area contributed by atoms with Crippen LogP contribution in [0.25, 0.3) is 0 Å². The number of hydrogen-bond acceptors (Lipinski definition) is 7. The molecule has 0 fully saturated rings. The average Bonchev–Trinajstić information content (AvgIpc) is 3.16. The Morgan fingerprint density at radius 3 is 2.72 bits per heavy atom. The van der Waals surface area contributed by atoms with Crippen LogP contribution in [0.2, 0.25) is 0 Å². The number of nitrogens with one attached hydrogen (secondary N) is 1. The first-order valence-electron chi connectivity index (χ1n) is 7.98. The number of imidazole rings is 2. The molecule has 0 radical (unpaired) electrons. The summed E-state index contributed by atoms with van der Waals surface area (Å²) in [4.78, 5) is 8.30. The fourth-order valence-corrected chi connectivity index (χ4v) is 2.63. The monoisotopic (exact) mass is 353 g/mol. The number of anilines is 1. The number of rotatable bonds is 9. The summed E-state index contributed by atoms with van der Waals surface area (Å²) >= 11 is 0. The number of likely N-dealkylation sites (N-methyl/N-ethyl adjacent to an activating group) is 1. The molecular formula is C14H23N7O4-2. The predicted octanol–water partition coefficient (Wildman–Crippen LogP) is 0.195. The lowest BCUT2D eigenvalue weighted by Crippen LogP contribution is -2.30. The van der Waals surface area contributed by atoms with Gasteiger partial charge in [0.1, 0.15) is 11.6 Å². The van der Waals surface area contributed by atoms with E-state index >= 15 is 0 Å². The first-order valence-corrected chi connectivity index (χ1v) is 7.98. The highest BCUT2D eigenvalue weighted by Gasteiger charge is 2.08. The van der Waals surface area contributed by atoms with E-state index in [4.69, 9.17) is 5.21 Å². The molecule has 140 valence electrons. The first kappa shape index (κ1) is 18.8. The van der Waals surface area contributed by atoms with Crippen LogP contribution in [-0.4, -0.2) is 49.3 Å². The van der Waals surface area contributed by atoms with E-state index in [1.807, 2.05) is 7.05 Å². The smallest absolute Gasteiger partial charge is 0.358 e. The van der Waals surface area contributed by atoms with Gasteiger partial charge in [0.2, 0.25) is 0 Å². The van der Waals surface area contributed by atoms with Gasteiger partial charge in [-0.05, 0) is 33.4 Å². The van der Waals surface area contributed by atoms with Crippen molar-refractivity contribution < 1.29 is 5.21 Å². The Morgan fingerprint density at radius 2 is 2.04 bits per heavy atom. The molecule has 11 heteroatoms. The van der Waals surface area contributed by atoms with E-state index in [0.717, 1.165) is 19.4 Å². The predicted molar refractivity (Wildman–Crippen MR) is 92.1 cm³/mol. The van der Waals surface area contributed by atoms with E-state index in [0.29, 0.717) is 25.5 Å². The van der Waals surface area contributed by atoms with Crippen LogP contribution in [0.4, 0.5) is 5.82 Å². The molecular weight excluding hydrogens is 330 g/mol. The Kier molecular flexibility index (Phi) is 6.44. The van der Waals surface area contributed by atoms with Crippen LogP contribution < -0.4 is 15.7 Å². The summed E-state index contributed by atoms with van der Waals surface area (Å²) in [6, 6.07) is 0. The molecule has 0 atom stereocenters. The van der Waals surface area contributed by atoms with Crippen molar-refractivity contribution in [2.45, 2.75) is 32.9 Å². The average molecular weight is 353 g/mol. The standard InChI is InChI=1S/C14H23N7O4/c1-12-16-11-13(20(22)23)19(12)10-9-17(2)6-3-4-7-18-8-5-15-14(18)21(24)25/h5,8,11,15,22H,3-4,6-7,9-10H2,1-2H3/q-2. The van der Waals surface area contributed by atoms with Crippen molar-refractivity contribution in [3.63, 3.8) is 0 Å². The number of hydrogen-bond donors (Lipinski definition) is 2. The maximum absolute atomic E-state index is 11.1. The first-order chi connectivity index (χ1) is 11.9. The Hall–Kier alpha value is -2.50. The van der Waals surface area contributed by atoms with Gasteiger partial charge < -0.3 is 30.3 Å². The fourth-order valence-electron chi connectivity index (χ4n) is 2.63. The molecule has 25 heavy (non-hydrogen) atoms. The molecule has 2 aromatic heterocycles. The lowest BCUT2D eigenvalue weighted by Gasteiger charge is -2.24. The topological polar surface area (TPSA) is 137 Å². The second kappa shape index (κ2) is 8.55. The summed E-state index contributed by atoms with van der Waals surface area (Å²) in [5, 5.41) is 41.6. The van der Waals surface area contributed by atoms with Gasteiger partial charge in [-0.3, -0.25) is 10.1 Å². The number of aryl methyl sites for hydroxylation is 2. The summed E-state index contributed by atoms with van der Waals surface area (Å²) in [5.41, 5.74) is -0.0114. The number of aromatic amines is 1. The van der Waals surface area contributed by atoms with Gasteiger partial charge in [0, 0.05) is 13.1 Å². The van der Waals surface area contributed by atoms with E-state index in [2.05, 4.69) is 14.9 Å². The molecule has 0 aliphatic rings. The second-order valence-corrected chi connectivity index (χ2v) is 5.83. The van der Waals surface area contributed by atoms with Crippen LogP contribution in [0, 0.1) is 22.5 Å². The van der Waals surface area contributed by atoms with Crippen molar-refractivity contribution in [2.75, 3.05) is 25.4 Å². The minimum atomic E-state index is -0.433. The molecule has 2 rings (SSSR count). The minimum absolute atomic E-state index is 0.0114. The molecule has 0 aliphatic carbocycles. The van der Waals surface area contributed by atoms with Crippen LogP contribution in [0.5, 0.6) is 0 Å². The summed E-state index contributed by atoms with van der Waals surface area (Å²) < 4.78 is 3.24. The highest BCUT2D eigenvalue weighted by atomic mass is 16.8. The number of unbranched alkanes of at least 4 members (excludes halogenated alkanes) is 1. The maximum atomic E-state index is 11.1. The van der Waals surface area contributed by atoms with Crippen molar-refractivity contribution in [3.05, 3.63) is 45.7 Å². The van der Waals surface area contributed by atoms with Crippen LogP contribution in [0.15, 0.2) is 18.6 Å². The van der Waals surface area contributed by atoms with E-state index in [-0.39, 0.29) is 16.7 Å². The van der Waals surface area contributed by atoms with Gasteiger partial charge in [0.15, 0.2) is 0 Å². The van der Waals surface area contributed by atoms with E-state index in [1.54, 1.807) is 28.5 Å². The zero-order chi connectivity index (χ0) is 18.4. The van der Waals surface area contributed by atoms with Crippen molar-refractivity contribution in [3.8, 4) is 0 Å². The molecule has 0 aliphatic heterocycles. The number of nitrogens with zero attached hydrogens (tertiary/aromatic N) is 6.